The number of hydrogen-bond donors (Lipinski definition) is 1. The second kappa shape index (κ2) is 6.05. The lowest BCUT2D eigenvalue weighted by Gasteiger charge is -2.28. The van der Waals surface area contributed by atoms with Crippen LogP contribution in [-0.4, -0.2) is 42.3 Å². The molecule has 1 saturated carbocycles. The van der Waals surface area contributed by atoms with E-state index in [1.807, 2.05) is 19.4 Å². The maximum absolute atomic E-state index is 11.6. The van der Waals surface area contributed by atoms with Crippen molar-refractivity contribution in [1.29, 1.82) is 0 Å². The topological polar surface area (TPSA) is 64.0 Å². The van der Waals surface area contributed by atoms with Gasteiger partial charge in [0.2, 0.25) is 0 Å². The Hall–Kier alpha value is -0.880. The van der Waals surface area contributed by atoms with Gasteiger partial charge in [0.05, 0.1) is 11.4 Å². The third-order valence-corrected chi connectivity index (χ3v) is 5.48. The van der Waals surface area contributed by atoms with E-state index in [1.54, 1.807) is 4.68 Å². The third-order valence-electron chi connectivity index (χ3n) is 3.84. The molecule has 0 spiro atoms. The predicted octanol–water partition coefficient (Wildman–Crippen LogP) is 0.908. The van der Waals surface area contributed by atoms with E-state index in [0.29, 0.717) is 6.04 Å². The average Bonchev–Trinajstić information content (AvgIpc) is 2.74. The molecular weight excluding hydrogens is 262 g/mol. The second-order valence-corrected chi connectivity index (χ2v) is 7.87. The Morgan fingerprint density at radius 3 is 2.89 bits per heavy atom. The first-order valence-electron chi connectivity index (χ1n) is 6.85. The Bertz CT molecular complexity index is 510. The molecule has 1 heterocycles. The van der Waals surface area contributed by atoms with Crippen LogP contribution in [0.3, 0.4) is 0 Å². The van der Waals surface area contributed by atoms with Crippen LogP contribution in [-0.2, 0) is 23.3 Å². The fraction of sp³-hybridized carbons (Fsp3) is 0.769. The quantitative estimate of drug-likeness (QED) is 0.873. The van der Waals surface area contributed by atoms with Crippen LogP contribution in [0.1, 0.15) is 31.2 Å². The summed E-state index contributed by atoms with van der Waals surface area (Å²) in [6, 6.07) is 0.338. The molecule has 0 bridgehead atoms. The maximum atomic E-state index is 11.6. The van der Waals surface area contributed by atoms with E-state index in [4.69, 9.17) is 0 Å². The fourth-order valence-electron chi connectivity index (χ4n) is 2.74. The monoisotopic (exact) mass is 285 g/mol. The minimum Gasteiger partial charge on any atom is -0.314 e. The van der Waals surface area contributed by atoms with Gasteiger partial charge in [0.15, 0.2) is 0 Å². The van der Waals surface area contributed by atoms with Gasteiger partial charge in [0.25, 0.3) is 0 Å². The lowest BCUT2D eigenvalue weighted by atomic mass is 9.95. The molecule has 6 heteroatoms. The molecule has 5 nitrogen and oxygen atoms in total. The van der Waals surface area contributed by atoms with Crippen molar-refractivity contribution in [3.63, 3.8) is 0 Å². The van der Waals surface area contributed by atoms with E-state index < -0.39 is 9.84 Å². The highest BCUT2D eigenvalue weighted by Crippen LogP contribution is 2.23. The average molecular weight is 285 g/mol. The summed E-state index contributed by atoms with van der Waals surface area (Å²) in [5.74, 6) is 0. The van der Waals surface area contributed by atoms with Gasteiger partial charge in [-0.05, 0) is 37.8 Å². The van der Waals surface area contributed by atoms with E-state index in [0.717, 1.165) is 38.6 Å². The molecule has 0 amide bonds. The molecule has 1 aliphatic rings. The molecule has 2 atom stereocenters. The summed E-state index contributed by atoms with van der Waals surface area (Å²) >= 11 is 0. The van der Waals surface area contributed by atoms with Crippen molar-refractivity contribution in [3.8, 4) is 0 Å². The summed E-state index contributed by atoms with van der Waals surface area (Å²) < 4.78 is 25.0. The first-order chi connectivity index (χ1) is 8.95. The van der Waals surface area contributed by atoms with Crippen molar-refractivity contribution in [1.82, 2.24) is 15.1 Å². The summed E-state index contributed by atoms with van der Waals surface area (Å²) in [6.45, 7) is 0.882. The molecule has 0 saturated heterocycles. The summed E-state index contributed by atoms with van der Waals surface area (Å²) in [5, 5.41) is 7.46. The summed E-state index contributed by atoms with van der Waals surface area (Å²) in [4.78, 5) is 0. The van der Waals surface area contributed by atoms with Gasteiger partial charge in [-0.2, -0.15) is 5.10 Å². The molecule has 1 aromatic heterocycles. The Morgan fingerprint density at radius 1 is 1.47 bits per heavy atom. The van der Waals surface area contributed by atoms with Gasteiger partial charge in [0, 0.05) is 25.5 Å². The molecule has 1 N–H and O–H groups in total. The van der Waals surface area contributed by atoms with Crippen LogP contribution in [0.2, 0.25) is 0 Å². The summed E-state index contributed by atoms with van der Waals surface area (Å²) in [7, 11) is -0.975. The minimum absolute atomic E-state index is 0.155. The highest BCUT2D eigenvalue weighted by Gasteiger charge is 2.28. The van der Waals surface area contributed by atoms with Crippen LogP contribution < -0.4 is 5.32 Å². The van der Waals surface area contributed by atoms with Crippen LogP contribution in [0.15, 0.2) is 12.4 Å². The van der Waals surface area contributed by atoms with Crippen molar-refractivity contribution >= 4 is 9.84 Å². The van der Waals surface area contributed by atoms with Crippen molar-refractivity contribution in [2.24, 2.45) is 7.05 Å². The number of nitrogens with zero attached hydrogens (tertiary/aromatic N) is 2. The zero-order valence-electron chi connectivity index (χ0n) is 11.7. The van der Waals surface area contributed by atoms with Gasteiger partial charge in [-0.25, -0.2) is 8.42 Å². The van der Waals surface area contributed by atoms with Crippen LogP contribution in [0, 0.1) is 0 Å². The largest absolute Gasteiger partial charge is 0.314 e. The fourth-order valence-corrected chi connectivity index (χ4v) is 3.92. The zero-order chi connectivity index (χ0) is 13.9. The summed E-state index contributed by atoms with van der Waals surface area (Å²) in [6.07, 6.45) is 9.85. The molecule has 108 valence electrons. The van der Waals surface area contributed by atoms with E-state index in [2.05, 4.69) is 10.4 Å². The summed E-state index contributed by atoms with van der Waals surface area (Å²) in [5.41, 5.74) is 1.21. The number of hydrogen-bond acceptors (Lipinski definition) is 4. The Labute approximate surface area is 115 Å². The van der Waals surface area contributed by atoms with Gasteiger partial charge < -0.3 is 5.32 Å². The molecular formula is C13H23N3O2S. The lowest BCUT2D eigenvalue weighted by Crippen LogP contribution is -2.39. The van der Waals surface area contributed by atoms with Crippen molar-refractivity contribution < 1.29 is 8.42 Å². The number of nitrogens with one attached hydrogen (secondary N) is 1. The van der Waals surface area contributed by atoms with Gasteiger partial charge in [-0.3, -0.25) is 4.68 Å². The highest BCUT2D eigenvalue weighted by atomic mass is 32.2. The molecule has 1 fully saturated rings. The van der Waals surface area contributed by atoms with Crippen molar-refractivity contribution in [2.45, 2.75) is 43.4 Å². The van der Waals surface area contributed by atoms with Gasteiger partial charge in [-0.1, -0.05) is 6.42 Å². The predicted molar refractivity (Wildman–Crippen MR) is 75.8 cm³/mol. The molecule has 1 aliphatic carbocycles. The van der Waals surface area contributed by atoms with Crippen LogP contribution in [0.25, 0.3) is 0 Å². The van der Waals surface area contributed by atoms with Crippen LogP contribution in [0.5, 0.6) is 0 Å². The van der Waals surface area contributed by atoms with E-state index in [9.17, 15) is 8.42 Å². The minimum atomic E-state index is -2.89. The molecule has 1 aromatic rings. The first-order valence-corrected chi connectivity index (χ1v) is 8.80. The van der Waals surface area contributed by atoms with Gasteiger partial charge >= 0.3 is 0 Å². The molecule has 19 heavy (non-hydrogen) atoms. The highest BCUT2D eigenvalue weighted by molar-refractivity contribution is 7.91. The SMILES string of the molecule is Cn1cc(CCNC2CCCC(S(C)(=O)=O)C2)cn1. The van der Waals surface area contributed by atoms with E-state index in [-0.39, 0.29) is 5.25 Å². The molecule has 2 unspecified atom stereocenters. The van der Waals surface area contributed by atoms with Crippen molar-refractivity contribution in [2.75, 3.05) is 12.8 Å². The Balaban J connectivity index is 1.77. The zero-order valence-corrected chi connectivity index (χ0v) is 12.5. The van der Waals surface area contributed by atoms with Crippen LogP contribution in [0.4, 0.5) is 0 Å². The van der Waals surface area contributed by atoms with E-state index >= 15 is 0 Å². The maximum Gasteiger partial charge on any atom is 0.150 e. The third kappa shape index (κ3) is 4.31. The number of aromatic nitrogens is 2. The van der Waals surface area contributed by atoms with Gasteiger partial charge in [0.1, 0.15) is 9.84 Å². The van der Waals surface area contributed by atoms with E-state index in [1.165, 1.54) is 11.8 Å². The molecule has 2 rings (SSSR count). The van der Waals surface area contributed by atoms with Gasteiger partial charge in [-0.15, -0.1) is 0 Å². The number of rotatable bonds is 5. The smallest absolute Gasteiger partial charge is 0.150 e. The normalized spacial score (nSPS) is 24.5. The molecule has 0 aromatic carbocycles. The second-order valence-electron chi connectivity index (χ2n) is 5.54. The lowest BCUT2D eigenvalue weighted by molar-refractivity contribution is 0.374. The van der Waals surface area contributed by atoms with Crippen LogP contribution >= 0.6 is 0 Å². The Kier molecular flexibility index (Phi) is 4.62. The standard InChI is InChI=1S/C13H23N3O2S/c1-16-10-11(9-15-16)6-7-14-12-4-3-5-13(8-12)19(2,17)18/h9-10,12-14H,3-8H2,1-2H3. The molecule has 0 aliphatic heterocycles. The Morgan fingerprint density at radius 2 is 2.26 bits per heavy atom. The van der Waals surface area contributed by atoms with Crippen molar-refractivity contribution in [3.05, 3.63) is 18.0 Å². The first kappa shape index (κ1) is 14.5. The molecule has 0 radical (unpaired) electrons. The number of sulfone groups is 1. The number of aryl methyl sites for hydroxylation is 1.